The minimum absolute atomic E-state index is 0.208. The second-order valence-electron chi connectivity index (χ2n) is 7.82. The largest absolute Gasteiger partial charge is 0.339 e. The van der Waals surface area contributed by atoms with Gasteiger partial charge in [0.2, 0.25) is 0 Å². The number of carbonyl (C=O) groups is 1. The molecule has 1 aliphatic heterocycles. The number of unbranched alkanes of at least 4 members (excludes halogenated alkanes) is 5. The van der Waals surface area contributed by atoms with Crippen LogP contribution in [0.25, 0.3) is 10.8 Å². The van der Waals surface area contributed by atoms with Crippen molar-refractivity contribution >= 4 is 16.7 Å². The van der Waals surface area contributed by atoms with Gasteiger partial charge in [0.15, 0.2) is 0 Å². The quantitative estimate of drug-likeness (QED) is 0.501. The van der Waals surface area contributed by atoms with Crippen LogP contribution in [0.4, 0.5) is 0 Å². The van der Waals surface area contributed by atoms with Crippen LogP contribution < -0.4 is 0 Å². The van der Waals surface area contributed by atoms with Crippen LogP contribution in [-0.4, -0.2) is 23.9 Å². The van der Waals surface area contributed by atoms with E-state index < -0.39 is 0 Å². The Morgan fingerprint density at radius 3 is 2.42 bits per heavy atom. The molecule has 0 N–H and O–H groups in total. The van der Waals surface area contributed by atoms with Gasteiger partial charge in [-0.2, -0.15) is 0 Å². The maximum absolute atomic E-state index is 13.0. The summed E-state index contributed by atoms with van der Waals surface area (Å²) in [6, 6.07) is 14.3. The molecule has 2 nitrogen and oxygen atoms in total. The van der Waals surface area contributed by atoms with Gasteiger partial charge in [0, 0.05) is 18.7 Å². The van der Waals surface area contributed by atoms with E-state index in [4.69, 9.17) is 0 Å². The fourth-order valence-electron chi connectivity index (χ4n) is 4.22. The Labute approximate surface area is 158 Å². The number of hydrogen-bond donors (Lipinski definition) is 0. The number of rotatable bonds is 8. The molecule has 1 saturated heterocycles. The van der Waals surface area contributed by atoms with Crippen LogP contribution in [0.1, 0.15) is 75.1 Å². The lowest BCUT2D eigenvalue weighted by Crippen LogP contribution is -2.38. The van der Waals surface area contributed by atoms with Crippen LogP contribution in [0.5, 0.6) is 0 Å². The first kappa shape index (κ1) is 18.9. The van der Waals surface area contributed by atoms with Gasteiger partial charge in [-0.05, 0) is 35.6 Å². The molecule has 0 radical (unpaired) electrons. The van der Waals surface area contributed by atoms with Crippen molar-refractivity contribution in [1.29, 1.82) is 0 Å². The van der Waals surface area contributed by atoms with Gasteiger partial charge in [-0.1, -0.05) is 88.3 Å². The monoisotopic (exact) mass is 351 g/mol. The minimum Gasteiger partial charge on any atom is -0.339 e. The number of likely N-dealkylation sites (tertiary alicyclic amines) is 1. The van der Waals surface area contributed by atoms with Crippen molar-refractivity contribution in [3.05, 3.63) is 48.0 Å². The van der Waals surface area contributed by atoms with E-state index in [-0.39, 0.29) is 5.91 Å². The molecule has 1 amide bonds. The highest BCUT2D eigenvalue weighted by atomic mass is 16.2. The van der Waals surface area contributed by atoms with E-state index in [1.54, 1.807) is 0 Å². The van der Waals surface area contributed by atoms with Crippen LogP contribution in [0.3, 0.4) is 0 Å². The second kappa shape index (κ2) is 9.75. The highest BCUT2D eigenvalue weighted by Crippen LogP contribution is 2.26. The van der Waals surface area contributed by atoms with Crippen LogP contribution in [0.15, 0.2) is 42.5 Å². The molecule has 0 aliphatic carbocycles. The molecule has 0 aromatic heterocycles. The predicted octanol–water partition coefficient (Wildman–Crippen LogP) is 6.44. The van der Waals surface area contributed by atoms with Gasteiger partial charge in [0.25, 0.3) is 5.91 Å². The third-order valence-corrected chi connectivity index (χ3v) is 5.89. The molecular formula is C24H33NO. The maximum Gasteiger partial charge on any atom is 0.254 e. The van der Waals surface area contributed by atoms with E-state index in [9.17, 15) is 4.79 Å². The summed E-state index contributed by atoms with van der Waals surface area (Å²) in [7, 11) is 0. The summed E-state index contributed by atoms with van der Waals surface area (Å²) < 4.78 is 0. The Morgan fingerprint density at radius 1 is 0.923 bits per heavy atom. The van der Waals surface area contributed by atoms with E-state index in [0.29, 0.717) is 0 Å². The first-order valence-corrected chi connectivity index (χ1v) is 10.6. The Bertz CT molecular complexity index is 695. The maximum atomic E-state index is 13.0. The zero-order valence-electron chi connectivity index (χ0n) is 16.3. The smallest absolute Gasteiger partial charge is 0.254 e. The molecule has 0 saturated carbocycles. The van der Waals surface area contributed by atoms with E-state index in [0.717, 1.165) is 35.3 Å². The molecule has 0 spiro atoms. The van der Waals surface area contributed by atoms with Crippen molar-refractivity contribution in [3.8, 4) is 0 Å². The van der Waals surface area contributed by atoms with Crippen molar-refractivity contribution in [1.82, 2.24) is 4.90 Å². The van der Waals surface area contributed by atoms with Gasteiger partial charge < -0.3 is 4.90 Å². The predicted molar refractivity (Wildman–Crippen MR) is 111 cm³/mol. The van der Waals surface area contributed by atoms with Crippen LogP contribution in [0, 0.1) is 5.92 Å². The lowest BCUT2D eigenvalue weighted by atomic mass is 9.90. The molecule has 1 aliphatic rings. The first-order valence-electron chi connectivity index (χ1n) is 10.6. The average molecular weight is 352 g/mol. The lowest BCUT2D eigenvalue weighted by Gasteiger charge is -2.32. The normalized spacial score (nSPS) is 15.5. The van der Waals surface area contributed by atoms with Crippen molar-refractivity contribution in [3.63, 3.8) is 0 Å². The zero-order chi connectivity index (χ0) is 18.2. The summed E-state index contributed by atoms with van der Waals surface area (Å²) >= 11 is 0. The Kier molecular flexibility index (Phi) is 7.11. The van der Waals surface area contributed by atoms with Gasteiger partial charge >= 0.3 is 0 Å². The fraction of sp³-hybridized carbons (Fsp3) is 0.542. The van der Waals surface area contributed by atoms with Gasteiger partial charge in [-0.15, -0.1) is 0 Å². The van der Waals surface area contributed by atoms with Crippen molar-refractivity contribution in [2.24, 2.45) is 5.92 Å². The number of nitrogens with zero attached hydrogens (tertiary/aromatic N) is 1. The highest BCUT2D eigenvalue weighted by molar-refractivity contribution is 6.07. The van der Waals surface area contributed by atoms with Crippen LogP contribution >= 0.6 is 0 Å². The van der Waals surface area contributed by atoms with Crippen molar-refractivity contribution < 1.29 is 4.79 Å². The molecule has 1 fully saturated rings. The van der Waals surface area contributed by atoms with E-state index in [2.05, 4.69) is 30.0 Å². The Balaban J connectivity index is 1.48. The molecule has 140 valence electrons. The molecule has 2 aromatic rings. The summed E-state index contributed by atoms with van der Waals surface area (Å²) in [5, 5.41) is 2.23. The molecule has 2 heteroatoms. The summed E-state index contributed by atoms with van der Waals surface area (Å²) in [5.41, 5.74) is 0.859. The van der Waals surface area contributed by atoms with Gasteiger partial charge in [-0.3, -0.25) is 4.79 Å². The first-order chi connectivity index (χ1) is 12.8. The number of amides is 1. The third kappa shape index (κ3) is 4.87. The fourth-order valence-corrected chi connectivity index (χ4v) is 4.22. The molecule has 3 rings (SSSR count). The van der Waals surface area contributed by atoms with Crippen LogP contribution in [-0.2, 0) is 0 Å². The Hall–Kier alpha value is -1.83. The molecule has 0 atom stereocenters. The number of carbonyl (C=O) groups excluding carboxylic acids is 1. The van der Waals surface area contributed by atoms with E-state index in [1.807, 2.05) is 24.3 Å². The van der Waals surface area contributed by atoms with E-state index >= 15 is 0 Å². The highest BCUT2D eigenvalue weighted by Gasteiger charge is 2.24. The zero-order valence-corrected chi connectivity index (χ0v) is 16.3. The second-order valence-corrected chi connectivity index (χ2v) is 7.82. The summed E-state index contributed by atoms with van der Waals surface area (Å²) in [4.78, 5) is 15.1. The number of piperidine rings is 1. The topological polar surface area (TPSA) is 20.3 Å². The van der Waals surface area contributed by atoms with Crippen molar-refractivity contribution in [2.75, 3.05) is 13.1 Å². The SMILES string of the molecule is CCCCCCCCC1CCN(C(=O)c2cccc3ccccc23)CC1. The standard InChI is InChI=1S/C24H33NO/c1-2-3-4-5-6-7-11-20-16-18-25(19-17-20)24(26)23-15-10-13-21-12-8-9-14-22(21)23/h8-10,12-15,20H,2-7,11,16-19H2,1H3. The van der Waals surface area contributed by atoms with Crippen molar-refractivity contribution in [2.45, 2.75) is 64.7 Å². The number of fused-ring (bicyclic) bond motifs is 1. The Morgan fingerprint density at radius 2 is 1.62 bits per heavy atom. The number of benzene rings is 2. The van der Waals surface area contributed by atoms with Gasteiger partial charge in [0.05, 0.1) is 0 Å². The average Bonchev–Trinajstić information content (AvgIpc) is 2.70. The van der Waals surface area contributed by atoms with Gasteiger partial charge in [-0.25, -0.2) is 0 Å². The summed E-state index contributed by atoms with van der Waals surface area (Å²) in [5.74, 6) is 1.03. The molecule has 2 aromatic carbocycles. The minimum atomic E-state index is 0.208. The lowest BCUT2D eigenvalue weighted by molar-refractivity contribution is 0.0687. The molecule has 0 unspecified atom stereocenters. The molecule has 0 bridgehead atoms. The van der Waals surface area contributed by atoms with Gasteiger partial charge in [0.1, 0.15) is 0 Å². The third-order valence-electron chi connectivity index (χ3n) is 5.89. The summed E-state index contributed by atoms with van der Waals surface area (Å²) in [6.45, 7) is 4.11. The molecular weight excluding hydrogens is 318 g/mol. The molecule has 26 heavy (non-hydrogen) atoms. The summed E-state index contributed by atoms with van der Waals surface area (Å²) in [6.07, 6.45) is 11.9. The number of hydrogen-bond acceptors (Lipinski definition) is 1. The van der Waals surface area contributed by atoms with E-state index in [1.165, 1.54) is 57.8 Å². The molecule has 1 heterocycles. The van der Waals surface area contributed by atoms with Crippen LogP contribution in [0.2, 0.25) is 0 Å².